The van der Waals surface area contributed by atoms with Crippen molar-refractivity contribution in [1.82, 2.24) is 5.32 Å². The van der Waals surface area contributed by atoms with Crippen molar-refractivity contribution in [2.45, 2.75) is 18.9 Å². The van der Waals surface area contributed by atoms with Gasteiger partial charge in [0.2, 0.25) is 11.2 Å². The topological polar surface area (TPSA) is 66.0 Å². The molecule has 1 N–H and O–H groups in total. The van der Waals surface area contributed by atoms with Crippen LogP contribution in [0.25, 0.3) is 11.1 Å². The predicted molar refractivity (Wildman–Crippen MR) is 115 cm³/mol. The van der Waals surface area contributed by atoms with E-state index in [1.807, 2.05) is 19.2 Å². The van der Waals surface area contributed by atoms with Gasteiger partial charge in [-0.3, -0.25) is 4.79 Å². The summed E-state index contributed by atoms with van der Waals surface area (Å²) in [5.41, 5.74) is 3.68. The average Bonchev–Trinajstić information content (AvgIpc) is 2.94. The predicted octanol–water partition coefficient (Wildman–Crippen LogP) is 3.53. The van der Waals surface area contributed by atoms with E-state index in [1.165, 1.54) is 7.11 Å². The van der Waals surface area contributed by atoms with Crippen molar-refractivity contribution in [1.29, 1.82) is 0 Å². The smallest absolute Gasteiger partial charge is 0.220 e. The molecule has 7 heteroatoms. The number of nitrogens with one attached hydrogen (secondary N) is 1. The van der Waals surface area contributed by atoms with Gasteiger partial charge in [-0.05, 0) is 54.8 Å². The molecule has 1 atom stereocenters. The number of halogens is 1. The minimum atomic E-state index is -0.151. The number of rotatable bonds is 5. The molecule has 2 aromatic rings. The highest BCUT2D eigenvalue weighted by atomic mass is 79.9. The Morgan fingerprint density at radius 1 is 0.929 bits per heavy atom. The first-order valence-electron chi connectivity index (χ1n) is 8.81. The van der Waals surface area contributed by atoms with Gasteiger partial charge in [0.15, 0.2) is 17.2 Å². The maximum Gasteiger partial charge on any atom is 0.220 e. The number of hydrogen-bond donors (Lipinski definition) is 1. The maximum absolute atomic E-state index is 12.6. The highest BCUT2D eigenvalue weighted by molar-refractivity contribution is 8.93. The summed E-state index contributed by atoms with van der Waals surface area (Å²) in [5.74, 6) is 2.06. The summed E-state index contributed by atoms with van der Waals surface area (Å²) >= 11 is 0. The molecule has 0 fully saturated rings. The van der Waals surface area contributed by atoms with E-state index in [0.717, 1.165) is 35.1 Å². The second kappa shape index (κ2) is 9.30. The van der Waals surface area contributed by atoms with Crippen molar-refractivity contribution in [3.05, 3.63) is 45.6 Å². The first-order chi connectivity index (χ1) is 13.1. The standard InChI is InChI=1S/C21H25NO5.BrH/c1-22-15-8-6-12-10-18(25-3)20(26-4)21(27-5)19(12)13-7-9-17(24-2)16(23)11-14(13)15;/h7,9-11,15,22H,6,8H2,1-5H3;1H/t15-;/m1./s1. The van der Waals surface area contributed by atoms with E-state index < -0.39 is 0 Å². The molecule has 1 aliphatic carbocycles. The summed E-state index contributed by atoms with van der Waals surface area (Å²) in [5, 5.41) is 3.33. The Kier molecular flexibility index (Phi) is 7.32. The summed E-state index contributed by atoms with van der Waals surface area (Å²) in [6.45, 7) is 0. The molecule has 152 valence electrons. The van der Waals surface area contributed by atoms with Gasteiger partial charge in [-0.1, -0.05) is 6.07 Å². The molecule has 0 heterocycles. The molecule has 0 amide bonds. The molecular weight excluding hydrogens is 426 g/mol. The fourth-order valence-electron chi connectivity index (χ4n) is 3.77. The van der Waals surface area contributed by atoms with Crippen molar-refractivity contribution in [3.63, 3.8) is 0 Å². The molecule has 3 rings (SSSR count). The zero-order valence-corrected chi connectivity index (χ0v) is 18.5. The van der Waals surface area contributed by atoms with E-state index in [1.54, 1.807) is 33.5 Å². The van der Waals surface area contributed by atoms with E-state index in [9.17, 15) is 4.79 Å². The Morgan fingerprint density at radius 2 is 1.61 bits per heavy atom. The molecule has 0 spiro atoms. The molecule has 0 bridgehead atoms. The van der Waals surface area contributed by atoms with Gasteiger partial charge < -0.3 is 24.3 Å². The SMILES string of the molecule is Br.CN[C@@H]1CCc2cc(OC)c(OC)c(OC)c2-c2ccc(OC)c(=O)cc21. The zero-order valence-electron chi connectivity index (χ0n) is 16.8. The minimum absolute atomic E-state index is 0. The van der Waals surface area contributed by atoms with Gasteiger partial charge in [0.05, 0.1) is 28.4 Å². The minimum Gasteiger partial charge on any atom is -0.493 e. The van der Waals surface area contributed by atoms with Crippen LogP contribution in [0.15, 0.2) is 29.1 Å². The van der Waals surface area contributed by atoms with E-state index in [2.05, 4.69) is 5.32 Å². The number of hydrogen-bond acceptors (Lipinski definition) is 6. The number of fused-ring (bicyclic) bond motifs is 3. The third kappa shape index (κ3) is 3.69. The molecule has 0 aliphatic heterocycles. The Labute approximate surface area is 175 Å². The van der Waals surface area contributed by atoms with Gasteiger partial charge in [-0.15, -0.1) is 17.0 Å². The first kappa shape index (κ1) is 22.0. The molecule has 2 aromatic carbocycles. The van der Waals surface area contributed by atoms with E-state index in [0.29, 0.717) is 23.0 Å². The molecule has 0 unspecified atom stereocenters. The summed E-state index contributed by atoms with van der Waals surface area (Å²) < 4.78 is 22.1. The number of ether oxygens (including phenoxy) is 4. The molecule has 0 aromatic heterocycles. The van der Waals surface area contributed by atoms with Gasteiger partial charge in [-0.2, -0.15) is 0 Å². The zero-order chi connectivity index (χ0) is 19.6. The molecule has 0 radical (unpaired) electrons. The normalized spacial score (nSPS) is 14.7. The van der Waals surface area contributed by atoms with Crippen molar-refractivity contribution < 1.29 is 18.9 Å². The fourth-order valence-corrected chi connectivity index (χ4v) is 3.77. The summed E-state index contributed by atoms with van der Waals surface area (Å²) in [4.78, 5) is 12.6. The van der Waals surface area contributed by atoms with Crippen LogP contribution in [-0.2, 0) is 6.42 Å². The van der Waals surface area contributed by atoms with Gasteiger partial charge in [0.1, 0.15) is 0 Å². The molecule has 1 aliphatic rings. The van der Waals surface area contributed by atoms with Crippen molar-refractivity contribution in [3.8, 4) is 34.1 Å². The van der Waals surface area contributed by atoms with Crippen molar-refractivity contribution in [2.75, 3.05) is 35.5 Å². The Hall–Kier alpha value is -2.25. The monoisotopic (exact) mass is 451 g/mol. The van der Waals surface area contributed by atoms with E-state index in [4.69, 9.17) is 18.9 Å². The lowest BCUT2D eigenvalue weighted by atomic mass is 9.95. The molecule has 0 saturated carbocycles. The Balaban J connectivity index is 0.00000280. The Bertz CT molecular complexity index is 916. The van der Waals surface area contributed by atoms with Crippen LogP contribution in [0.1, 0.15) is 23.6 Å². The van der Waals surface area contributed by atoms with Gasteiger partial charge in [0.25, 0.3) is 0 Å². The van der Waals surface area contributed by atoms with Crippen LogP contribution in [0.5, 0.6) is 23.0 Å². The van der Waals surface area contributed by atoms with Gasteiger partial charge in [-0.25, -0.2) is 0 Å². The number of methoxy groups -OCH3 is 4. The summed E-state index contributed by atoms with van der Waals surface area (Å²) in [7, 11) is 8.21. The molecule has 28 heavy (non-hydrogen) atoms. The van der Waals surface area contributed by atoms with Gasteiger partial charge in [0, 0.05) is 11.6 Å². The summed E-state index contributed by atoms with van der Waals surface area (Å²) in [6, 6.07) is 7.29. The highest BCUT2D eigenvalue weighted by Gasteiger charge is 2.28. The van der Waals surface area contributed by atoms with Crippen LogP contribution in [0.4, 0.5) is 0 Å². The fraction of sp³-hybridized carbons (Fsp3) is 0.381. The van der Waals surface area contributed by atoms with Crippen LogP contribution in [0.3, 0.4) is 0 Å². The molecular formula is C21H26BrNO5. The molecule has 6 nitrogen and oxygen atoms in total. The quantitative estimate of drug-likeness (QED) is 0.749. The largest absolute Gasteiger partial charge is 0.493 e. The highest BCUT2D eigenvalue weighted by Crippen LogP contribution is 2.50. The number of aryl methyl sites for hydroxylation is 1. The van der Waals surface area contributed by atoms with Crippen LogP contribution < -0.4 is 29.7 Å². The van der Waals surface area contributed by atoms with Crippen LogP contribution in [0, 0.1) is 0 Å². The van der Waals surface area contributed by atoms with Gasteiger partial charge >= 0.3 is 0 Å². The lowest BCUT2D eigenvalue weighted by Gasteiger charge is -2.19. The van der Waals surface area contributed by atoms with Crippen molar-refractivity contribution >= 4 is 17.0 Å². The number of benzene rings is 1. The van der Waals surface area contributed by atoms with E-state index in [-0.39, 0.29) is 28.5 Å². The van der Waals surface area contributed by atoms with E-state index >= 15 is 0 Å². The van der Waals surface area contributed by atoms with Crippen LogP contribution in [-0.4, -0.2) is 35.5 Å². The van der Waals surface area contributed by atoms with Crippen LogP contribution in [0.2, 0.25) is 0 Å². The average molecular weight is 452 g/mol. The molecule has 0 saturated heterocycles. The van der Waals surface area contributed by atoms with Crippen LogP contribution >= 0.6 is 17.0 Å². The Morgan fingerprint density at radius 3 is 2.18 bits per heavy atom. The van der Waals surface area contributed by atoms with Crippen molar-refractivity contribution in [2.24, 2.45) is 0 Å². The lowest BCUT2D eigenvalue weighted by Crippen LogP contribution is -2.17. The second-order valence-corrected chi connectivity index (χ2v) is 6.34. The third-order valence-corrected chi connectivity index (χ3v) is 5.07. The first-order valence-corrected chi connectivity index (χ1v) is 8.81. The summed E-state index contributed by atoms with van der Waals surface area (Å²) in [6.07, 6.45) is 1.64. The second-order valence-electron chi connectivity index (χ2n) is 6.34. The third-order valence-electron chi connectivity index (χ3n) is 5.07. The lowest BCUT2D eigenvalue weighted by molar-refractivity contribution is 0.324. The maximum atomic E-state index is 12.6.